The molecule has 0 heterocycles. The second-order valence-electron chi connectivity index (χ2n) is 2.58. The van der Waals surface area contributed by atoms with Crippen molar-refractivity contribution in [3.63, 3.8) is 0 Å². The Morgan fingerprint density at radius 2 is 2.46 bits per heavy atom. The molecule has 13 heavy (non-hydrogen) atoms. The van der Waals surface area contributed by atoms with E-state index in [4.69, 9.17) is 5.26 Å². The van der Waals surface area contributed by atoms with Gasteiger partial charge in [-0.15, -0.1) is 0 Å². The Kier molecular flexibility index (Phi) is 3.04. The van der Waals surface area contributed by atoms with Crippen LogP contribution in [-0.4, -0.2) is 5.91 Å². The molecule has 1 atom stereocenters. The zero-order valence-electron chi connectivity index (χ0n) is 7.24. The molecule has 0 bridgehead atoms. The first-order valence-electron chi connectivity index (χ1n) is 3.87. The number of nitrogens with zero attached hydrogens (tertiary/aromatic N) is 1. The predicted octanol–water partition coefficient (Wildman–Crippen LogP) is 1.19. The fraction of sp³-hybridized carbons (Fsp3) is 0.200. The Morgan fingerprint density at radius 3 is 2.92 bits per heavy atom. The fourth-order valence-corrected chi connectivity index (χ4v) is 0.970. The maximum atomic E-state index is 10.7. The number of nitrogens with one attached hydrogen (secondary N) is 1. The van der Waals surface area contributed by atoms with E-state index in [1.54, 1.807) is 18.2 Å². The first-order chi connectivity index (χ1) is 6.24. The molecule has 65 valence electrons. The van der Waals surface area contributed by atoms with Crippen molar-refractivity contribution in [2.45, 2.75) is 13.0 Å². The Hall–Kier alpha value is -1.82. The number of rotatable bonds is 2. The maximum Gasteiger partial charge on any atom is 0.218 e. The average Bonchev–Trinajstić information content (AvgIpc) is 2.15. The van der Waals surface area contributed by atoms with Crippen molar-refractivity contribution in [3.05, 3.63) is 35.9 Å². The van der Waals surface area contributed by atoms with Crippen LogP contribution in [0.15, 0.2) is 24.3 Å². The molecule has 1 aromatic carbocycles. The number of hydrogen-bond acceptors (Lipinski definition) is 2. The largest absolute Gasteiger partial charge is 0.337 e. The summed E-state index contributed by atoms with van der Waals surface area (Å²) < 4.78 is 0. The van der Waals surface area contributed by atoms with Gasteiger partial charge in [0.2, 0.25) is 5.91 Å². The number of nitriles is 1. The predicted molar refractivity (Wildman–Crippen MR) is 47.4 cm³/mol. The van der Waals surface area contributed by atoms with Gasteiger partial charge in [0.15, 0.2) is 0 Å². The quantitative estimate of drug-likeness (QED) is 0.730. The van der Waals surface area contributed by atoms with Crippen molar-refractivity contribution < 1.29 is 4.79 Å². The Balaban J connectivity index is 2.80. The Morgan fingerprint density at radius 1 is 1.69 bits per heavy atom. The van der Waals surface area contributed by atoms with E-state index in [1.807, 2.05) is 12.1 Å². The van der Waals surface area contributed by atoms with Crippen molar-refractivity contribution in [1.29, 1.82) is 5.26 Å². The van der Waals surface area contributed by atoms with Crippen LogP contribution in [0.5, 0.6) is 0 Å². The molecule has 1 aromatic rings. The number of carbonyl (C=O) groups excluding carboxylic acids is 1. The number of carbonyl (C=O) groups is 1. The molecule has 1 N–H and O–H groups in total. The molecule has 0 aliphatic heterocycles. The summed E-state index contributed by atoms with van der Waals surface area (Å²) in [6.07, 6.45) is 0. The summed E-state index contributed by atoms with van der Waals surface area (Å²) in [6, 6.07) is 11.4. The third-order valence-electron chi connectivity index (χ3n) is 1.52. The standard InChI is InChI=1S/C10H9N2O/c1-8(13)12-10(7-11)9-5-3-2-4-6-9/h2-5,10H,1H3,(H,12,13). The van der Waals surface area contributed by atoms with Crippen LogP contribution in [0.2, 0.25) is 0 Å². The zero-order valence-corrected chi connectivity index (χ0v) is 7.24. The summed E-state index contributed by atoms with van der Waals surface area (Å²) in [6.45, 7) is 1.38. The molecule has 3 nitrogen and oxygen atoms in total. The van der Waals surface area contributed by atoms with Crippen LogP contribution in [0.25, 0.3) is 0 Å². The monoisotopic (exact) mass is 173 g/mol. The van der Waals surface area contributed by atoms with Gasteiger partial charge >= 0.3 is 0 Å². The van der Waals surface area contributed by atoms with Gasteiger partial charge in [0.1, 0.15) is 6.04 Å². The first kappa shape index (κ1) is 9.27. The third-order valence-corrected chi connectivity index (χ3v) is 1.52. The lowest BCUT2D eigenvalue weighted by molar-refractivity contribution is -0.119. The van der Waals surface area contributed by atoms with Gasteiger partial charge < -0.3 is 5.32 Å². The summed E-state index contributed by atoms with van der Waals surface area (Å²) in [5, 5.41) is 11.3. The van der Waals surface area contributed by atoms with Gasteiger partial charge in [-0.3, -0.25) is 4.79 Å². The number of benzene rings is 1. The lowest BCUT2D eigenvalue weighted by atomic mass is 10.1. The van der Waals surface area contributed by atoms with Crippen LogP contribution >= 0.6 is 0 Å². The Bertz CT molecular complexity index is 327. The van der Waals surface area contributed by atoms with Gasteiger partial charge in [-0.1, -0.05) is 24.3 Å². The lowest BCUT2D eigenvalue weighted by Gasteiger charge is -2.08. The molecule has 0 saturated heterocycles. The number of hydrogen-bond donors (Lipinski definition) is 1. The van der Waals surface area contributed by atoms with Crippen molar-refractivity contribution in [3.8, 4) is 6.07 Å². The van der Waals surface area contributed by atoms with Gasteiger partial charge in [-0.2, -0.15) is 5.26 Å². The van der Waals surface area contributed by atoms with E-state index in [9.17, 15) is 4.79 Å². The minimum Gasteiger partial charge on any atom is -0.337 e. The summed E-state index contributed by atoms with van der Waals surface area (Å²) >= 11 is 0. The highest BCUT2D eigenvalue weighted by Crippen LogP contribution is 2.09. The summed E-state index contributed by atoms with van der Waals surface area (Å²) in [7, 11) is 0. The molecular weight excluding hydrogens is 164 g/mol. The van der Waals surface area contributed by atoms with E-state index < -0.39 is 6.04 Å². The molecule has 1 amide bonds. The molecule has 1 unspecified atom stereocenters. The van der Waals surface area contributed by atoms with Crippen LogP contribution in [0.3, 0.4) is 0 Å². The van der Waals surface area contributed by atoms with Gasteiger partial charge in [-0.05, 0) is 11.6 Å². The van der Waals surface area contributed by atoms with Crippen LogP contribution in [0, 0.1) is 17.4 Å². The van der Waals surface area contributed by atoms with Crippen LogP contribution in [-0.2, 0) is 4.79 Å². The summed E-state index contributed by atoms with van der Waals surface area (Å²) in [5.74, 6) is -0.219. The van der Waals surface area contributed by atoms with Crippen molar-refractivity contribution in [2.24, 2.45) is 0 Å². The summed E-state index contributed by atoms with van der Waals surface area (Å²) in [5.41, 5.74) is 0.681. The van der Waals surface area contributed by atoms with Gasteiger partial charge in [0.25, 0.3) is 0 Å². The third kappa shape index (κ3) is 2.60. The minimum absolute atomic E-state index is 0.219. The number of amides is 1. The van der Waals surface area contributed by atoms with Crippen LogP contribution in [0.4, 0.5) is 0 Å². The van der Waals surface area contributed by atoms with E-state index in [2.05, 4.69) is 11.4 Å². The SMILES string of the molecule is CC(=O)NC(C#N)c1[c]cccc1. The highest BCUT2D eigenvalue weighted by molar-refractivity contribution is 5.73. The fourth-order valence-electron chi connectivity index (χ4n) is 0.970. The Labute approximate surface area is 77.0 Å². The van der Waals surface area contributed by atoms with Gasteiger partial charge in [-0.25, -0.2) is 0 Å². The molecule has 0 aliphatic carbocycles. The molecule has 1 rings (SSSR count). The van der Waals surface area contributed by atoms with Gasteiger partial charge in [0, 0.05) is 6.92 Å². The van der Waals surface area contributed by atoms with Crippen LogP contribution in [0.1, 0.15) is 18.5 Å². The van der Waals surface area contributed by atoms with E-state index >= 15 is 0 Å². The van der Waals surface area contributed by atoms with E-state index in [-0.39, 0.29) is 5.91 Å². The molecule has 0 aliphatic rings. The van der Waals surface area contributed by atoms with E-state index in [0.717, 1.165) is 0 Å². The van der Waals surface area contributed by atoms with Crippen molar-refractivity contribution in [1.82, 2.24) is 5.32 Å². The molecule has 0 aromatic heterocycles. The summed E-state index contributed by atoms with van der Waals surface area (Å²) in [4.78, 5) is 10.7. The smallest absolute Gasteiger partial charge is 0.218 e. The van der Waals surface area contributed by atoms with E-state index in [1.165, 1.54) is 6.92 Å². The minimum atomic E-state index is -0.598. The van der Waals surface area contributed by atoms with Gasteiger partial charge in [0.05, 0.1) is 6.07 Å². The molecular formula is C10H9N2O. The second-order valence-corrected chi connectivity index (χ2v) is 2.58. The van der Waals surface area contributed by atoms with E-state index in [0.29, 0.717) is 5.56 Å². The first-order valence-corrected chi connectivity index (χ1v) is 3.87. The highest BCUT2D eigenvalue weighted by atomic mass is 16.1. The normalized spacial score (nSPS) is 11.4. The molecule has 0 saturated carbocycles. The average molecular weight is 173 g/mol. The topological polar surface area (TPSA) is 52.9 Å². The van der Waals surface area contributed by atoms with Crippen LogP contribution < -0.4 is 5.32 Å². The zero-order chi connectivity index (χ0) is 9.68. The second kappa shape index (κ2) is 4.27. The maximum absolute atomic E-state index is 10.7. The lowest BCUT2D eigenvalue weighted by Crippen LogP contribution is -2.24. The molecule has 3 heteroatoms. The molecule has 0 spiro atoms. The molecule has 1 radical (unpaired) electrons. The highest BCUT2D eigenvalue weighted by Gasteiger charge is 2.09. The molecule has 0 fully saturated rings. The van der Waals surface area contributed by atoms with Crippen molar-refractivity contribution in [2.75, 3.05) is 0 Å². The van der Waals surface area contributed by atoms with Crippen molar-refractivity contribution >= 4 is 5.91 Å².